The highest BCUT2D eigenvalue weighted by atomic mass is 16.5. The van der Waals surface area contributed by atoms with Gasteiger partial charge >= 0.3 is 5.97 Å². The monoisotopic (exact) mass is 352 g/mol. The summed E-state index contributed by atoms with van der Waals surface area (Å²) in [6, 6.07) is 8.23. The number of aromatic nitrogens is 4. The molecule has 0 fully saturated rings. The van der Waals surface area contributed by atoms with Crippen LogP contribution in [0.1, 0.15) is 33.2 Å². The number of ether oxygens (including phenoxy) is 2. The van der Waals surface area contributed by atoms with Crippen molar-refractivity contribution < 1.29 is 19.1 Å². The maximum atomic E-state index is 12.2. The van der Waals surface area contributed by atoms with Crippen molar-refractivity contribution >= 4 is 11.8 Å². The summed E-state index contributed by atoms with van der Waals surface area (Å²) in [7, 11) is 1.51. The number of nitrogens with zero attached hydrogens (tertiary/aromatic N) is 4. The lowest BCUT2D eigenvalue weighted by atomic mass is 10.1. The van der Waals surface area contributed by atoms with Crippen molar-refractivity contribution in [3.63, 3.8) is 0 Å². The van der Waals surface area contributed by atoms with Crippen LogP contribution in [-0.4, -0.2) is 38.6 Å². The van der Waals surface area contributed by atoms with E-state index in [-0.39, 0.29) is 12.4 Å². The number of benzene rings is 1. The number of esters is 1. The first-order valence-corrected chi connectivity index (χ1v) is 7.74. The fourth-order valence-corrected chi connectivity index (χ4v) is 2.31. The second kappa shape index (κ2) is 7.56. The van der Waals surface area contributed by atoms with Crippen LogP contribution in [-0.2, 0) is 11.3 Å². The van der Waals surface area contributed by atoms with E-state index in [2.05, 4.69) is 15.1 Å². The lowest BCUT2D eigenvalue weighted by Gasteiger charge is -2.11. The summed E-state index contributed by atoms with van der Waals surface area (Å²) in [6.07, 6.45) is 4.31. The minimum Gasteiger partial charge on any atom is -0.496 e. The Balaban J connectivity index is 1.71. The summed E-state index contributed by atoms with van der Waals surface area (Å²) in [4.78, 5) is 31.7. The lowest BCUT2D eigenvalue weighted by molar-refractivity contribution is 0.0469. The summed E-state index contributed by atoms with van der Waals surface area (Å²) in [5.74, 6) is 0.475. The zero-order valence-electron chi connectivity index (χ0n) is 14.2. The van der Waals surface area contributed by atoms with E-state index in [1.807, 2.05) is 0 Å². The van der Waals surface area contributed by atoms with Gasteiger partial charge in [0.25, 0.3) is 0 Å². The Morgan fingerprint density at radius 3 is 2.58 bits per heavy atom. The van der Waals surface area contributed by atoms with E-state index in [1.54, 1.807) is 30.3 Å². The normalized spacial score (nSPS) is 10.4. The second-order valence-corrected chi connectivity index (χ2v) is 5.40. The summed E-state index contributed by atoms with van der Waals surface area (Å²) >= 11 is 0. The van der Waals surface area contributed by atoms with Crippen LogP contribution in [0.3, 0.4) is 0 Å². The Labute approximate surface area is 149 Å². The molecule has 26 heavy (non-hydrogen) atoms. The zero-order chi connectivity index (χ0) is 18.5. The van der Waals surface area contributed by atoms with Crippen LogP contribution >= 0.6 is 0 Å². The van der Waals surface area contributed by atoms with Crippen molar-refractivity contribution in [2.45, 2.75) is 13.5 Å². The average molecular weight is 352 g/mol. The SMILES string of the molecule is COc1ccc(C(C)=O)cc1COC(=O)c1ccc(-n2cncn2)nc1. The van der Waals surface area contributed by atoms with Crippen molar-refractivity contribution in [1.82, 2.24) is 19.7 Å². The molecular formula is C18H16N4O4. The van der Waals surface area contributed by atoms with Gasteiger partial charge in [0.15, 0.2) is 11.6 Å². The van der Waals surface area contributed by atoms with E-state index in [0.29, 0.717) is 28.3 Å². The summed E-state index contributed by atoms with van der Waals surface area (Å²) < 4.78 is 12.0. The standard InChI is InChI=1S/C18H16N4O4/c1-12(23)13-3-5-16(25-2)15(7-13)9-26-18(24)14-4-6-17(20-8-14)22-11-19-10-21-22/h3-8,10-11H,9H2,1-2H3. The van der Waals surface area contributed by atoms with Gasteiger partial charge in [-0.1, -0.05) is 0 Å². The van der Waals surface area contributed by atoms with Gasteiger partial charge in [-0.05, 0) is 37.3 Å². The third-order valence-corrected chi connectivity index (χ3v) is 3.68. The molecule has 0 saturated carbocycles. The molecule has 0 unspecified atom stereocenters. The highest BCUT2D eigenvalue weighted by Gasteiger charge is 2.12. The van der Waals surface area contributed by atoms with Crippen molar-refractivity contribution in [3.05, 3.63) is 65.9 Å². The van der Waals surface area contributed by atoms with E-state index in [1.165, 1.54) is 37.6 Å². The van der Waals surface area contributed by atoms with Gasteiger partial charge < -0.3 is 9.47 Å². The van der Waals surface area contributed by atoms with Gasteiger partial charge in [-0.25, -0.2) is 19.4 Å². The smallest absolute Gasteiger partial charge is 0.340 e. The number of hydrogen-bond donors (Lipinski definition) is 0. The Morgan fingerprint density at radius 2 is 1.96 bits per heavy atom. The van der Waals surface area contributed by atoms with E-state index in [0.717, 1.165) is 0 Å². The molecule has 0 bridgehead atoms. The van der Waals surface area contributed by atoms with E-state index in [4.69, 9.17) is 9.47 Å². The molecule has 0 saturated heterocycles. The lowest BCUT2D eigenvalue weighted by Crippen LogP contribution is -2.08. The van der Waals surface area contributed by atoms with Crippen LogP contribution in [0.5, 0.6) is 5.75 Å². The number of Topliss-reactive ketones (excluding diaryl/α,β-unsaturated/α-hetero) is 1. The molecule has 132 valence electrons. The van der Waals surface area contributed by atoms with Gasteiger partial charge in [-0.15, -0.1) is 0 Å². The topological polar surface area (TPSA) is 96.2 Å². The van der Waals surface area contributed by atoms with Crippen LogP contribution in [0.2, 0.25) is 0 Å². The highest BCUT2D eigenvalue weighted by Crippen LogP contribution is 2.21. The number of methoxy groups -OCH3 is 1. The predicted molar refractivity (Wildman–Crippen MR) is 91.3 cm³/mol. The van der Waals surface area contributed by atoms with Crippen LogP contribution < -0.4 is 4.74 Å². The minimum absolute atomic E-state index is 0.0199. The molecule has 0 amide bonds. The summed E-state index contributed by atoms with van der Waals surface area (Å²) in [5.41, 5.74) is 1.44. The van der Waals surface area contributed by atoms with Crippen LogP contribution in [0.4, 0.5) is 0 Å². The first kappa shape index (κ1) is 17.3. The fourth-order valence-electron chi connectivity index (χ4n) is 2.31. The van der Waals surface area contributed by atoms with E-state index in [9.17, 15) is 9.59 Å². The summed E-state index contributed by atoms with van der Waals surface area (Å²) in [6.45, 7) is 1.45. The maximum absolute atomic E-state index is 12.2. The van der Waals surface area contributed by atoms with Gasteiger partial charge in [0.2, 0.25) is 0 Å². The number of carbonyl (C=O) groups excluding carboxylic acids is 2. The average Bonchev–Trinajstić information content (AvgIpc) is 3.20. The fraction of sp³-hybridized carbons (Fsp3) is 0.167. The molecule has 0 aliphatic carbocycles. The molecule has 0 atom stereocenters. The first-order valence-electron chi connectivity index (χ1n) is 7.74. The molecule has 0 aliphatic rings. The molecule has 2 aromatic heterocycles. The number of hydrogen-bond acceptors (Lipinski definition) is 7. The largest absolute Gasteiger partial charge is 0.496 e. The maximum Gasteiger partial charge on any atom is 0.340 e. The van der Waals surface area contributed by atoms with Crippen molar-refractivity contribution in [3.8, 4) is 11.6 Å². The van der Waals surface area contributed by atoms with E-state index < -0.39 is 5.97 Å². The molecule has 3 aromatic rings. The number of rotatable bonds is 6. The Morgan fingerprint density at radius 1 is 1.15 bits per heavy atom. The van der Waals surface area contributed by atoms with Gasteiger partial charge in [0, 0.05) is 17.3 Å². The van der Waals surface area contributed by atoms with Crippen molar-refractivity contribution in [2.75, 3.05) is 7.11 Å². The third-order valence-electron chi connectivity index (χ3n) is 3.68. The van der Waals surface area contributed by atoms with Gasteiger partial charge in [-0.3, -0.25) is 4.79 Å². The molecular weight excluding hydrogens is 336 g/mol. The number of carbonyl (C=O) groups is 2. The molecule has 0 N–H and O–H groups in total. The highest BCUT2D eigenvalue weighted by molar-refractivity contribution is 5.94. The molecule has 8 nitrogen and oxygen atoms in total. The summed E-state index contributed by atoms with van der Waals surface area (Å²) in [5, 5.41) is 3.96. The number of pyridine rings is 1. The molecule has 3 rings (SSSR count). The number of ketones is 1. The minimum atomic E-state index is -0.530. The molecule has 0 radical (unpaired) electrons. The molecule has 2 heterocycles. The molecule has 0 spiro atoms. The van der Waals surface area contributed by atoms with Crippen LogP contribution in [0.15, 0.2) is 49.2 Å². The Kier molecular flexibility index (Phi) is 5.02. The predicted octanol–water partition coefficient (Wildman–Crippen LogP) is 2.23. The van der Waals surface area contributed by atoms with E-state index >= 15 is 0 Å². The molecule has 0 aliphatic heterocycles. The Bertz CT molecular complexity index is 921. The van der Waals surface area contributed by atoms with Gasteiger partial charge in [0.1, 0.15) is 25.0 Å². The quantitative estimate of drug-likeness (QED) is 0.496. The first-order chi connectivity index (χ1) is 12.6. The Hall–Kier alpha value is -3.55. The van der Waals surface area contributed by atoms with Gasteiger partial charge in [-0.2, -0.15) is 5.10 Å². The van der Waals surface area contributed by atoms with Crippen molar-refractivity contribution in [2.24, 2.45) is 0 Å². The zero-order valence-corrected chi connectivity index (χ0v) is 14.2. The van der Waals surface area contributed by atoms with Crippen LogP contribution in [0, 0.1) is 0 Å². The van der Waals surface area contributed by atoms with Gasteiger partial charge in [0.05, 0.1) is 12.7 Å². The third kappa shape index (κ3) is 3.75. The second-order valence-electron chi connectivity index (χ2n) is 5.40. The molecule has 1 aromatic carbocycles. The van der Waals surface area contributed by atoms with Crippen LogP contribution in [0.25, 0.3) is 5.82 Å². The van der Waals surface area contributed by atoms with Crippen molar-refractivity contribution in [1.29, 1.82) is 0 Å². The molecule has 8 heteroatoms.